The van der Waals surface area contributed by atoms with E-state index in [1.807, 2.05) is 35.8 Å². The lowest BCUT2D eigenvalue weighted by atomic mass is 10.1. The molecular formula is C17H21N3O5S. The zero-order chi connectivity index (χ0) is 19.3. The van der Waals surface area contributed by atoms with Gasteiger partial charge < -0.3 is 19.7 Å². The fraction of sp³-hybridized carbons (Fsp3) is 0.353. The van der Waals surface area contributed by atoms with Crippen molar-refractivity contribution in [2.75, 3.05) is 34.9 Å². The molecule has 0 fully saturated rings. The van der Waals surface area contributed by atoms with Crippen molar-refractivity contribution < 1.29 is 19.2 Å². The first-order chi connectivity index (χ1) is 12.4. The van der Waals surface area contributed by atoms with Crippen molar-refractivity contribution >= 4 is 22.9 Å². The van der Waals surface area contributed by atoms with Crippen molar-refractivity contribution in [3.63, 3.8) is 0 Å². The smallest absolute Gasteiger partial charge is 0.286 e. The third-order valence-electron chi connectivity index (χ3n) is 3.95. The standard InChI is InChI=1S/C17H21N3O5S/c1-19(2)14(11-5-6-26-10-11)9-18-17(21)12-7-15(24-3)16(25-4)8-13(12)20(22)23/h5-8,10,14H,9H2,1-4H3,(H,18,21). The number of benzene rings is 1. The third-order valence-corrected chi connectivity index (χ3v) is 4.65. The summed E-state index contributed by atoms with van der Waals surface area (Å²) in [7, 11) is 6.61. The van der Waals surface area contributed by atoms with E-state index >= 15 is 0 Å². The Morgan fingerprint density at radius 2 is 1.96 bits per heavy atom. The number of carbonyl (C=O) groups is 1. The van der Waals surface area contributed by atoms with E-state index in [1.165, 1.54) is 26.4 Å². The van der Waals surface area contributed by atoms with Gasteiger partial charge in [0.15, 0.2) is 11.5 Å². The van der Waals surface area contributed by atoms with E-state index in [4.69, 9.17) is 9.47 Å². The van der Waals surface area contributed by atoms with Crippen LogP contribution in [-0.2, 0) is 0 Å². The molecule has 0 spiro atoms. The summed E-state index contributed by atoms with van der Waals surface area (Å²) in [5.41, 5.74) is 0.662. The number of likely N-dealkylation sites (N-methyl/N-ethyl adjacent to an activating group) is 1. The van der Waals surface area contributed by atoms with E-state index in [1.54, 1.807) is 11.3 Å². The van der Waals surface area contributed by atoms with Crippen LogP contribution in [0.15, 0.2) is 29.0 Å². The van der Waals surface area contributed by atoms with Crippen LogP contribution >= 0.6 is 11.3 Å². The lowest BCUT2D eigenvalue weighted by Crippen LogP contribution is -2.34. The molecule has 1 unspecified atom stereocenters. The van der Waals surface area contributed by atoms with E-state index < -0.39 is 10.8 Å². The molecule has 0 aliphatic rings. The van der Waals surface area contributed by atoms with Gasteiger partial charge in [0.1, 0.15) is 5.56 Å². The van der Waals surface area contributed by atoms with Crippen molar-refractivity contribution in [2.45, 2.75) is 6.04 Å². The molecule has 0 saturated heterocycles. The molecule has 2 aromatic rings. The van der Waals surface area contributed by atoms with Crippen LogP contribution in [-0.4, -0.2) is 50.6 Å². The van der Waals surface area contributed by atoms with Gasteiger partial charge in [-0.2, -0.15) is 11.3 Å². The van der Waals surface area contributed by atoms with Crippen molar-refractivity contribution in [1.29, 1.82) is 0 Å². The monoisotopic (exact) mass is 379 g/mol. The highest BCUT2D eigenvalue weighted by atomic mass is 32.1. The minimum absolute atomic E-state index is 0.0376. The van der Waals surface area contributed by atoms with Crippen LogP contribution in [0.3, 0.4) is 0 Å². The Hall–Kier alpha value is -2.65. The van der Waals surface area contributed by atoms with Crippen molar-refractivity contribution in [3.05, 3.63) is 50.2 Å². The number of thiophene rings is 1. The molecule has 0 aliphatic carbocycles. The normalized spacial score (nSPS) is 11.9. The fourth-order valence-electron chi connectivity index (χ4n) is 2.55. The summed E-state index contributed by atoms with van der Waals surface area (Å²) < 4.78 is 10.2. The summed E-state index contributed by atoms with van der Waals surface area (Å²) in [6, 6.07) is 4.46. The van der Waals surface area contributed by atoms with E-state index in [0.717, 1.165) is 5.56 Å². The molecule has 9 heteroatoms. The molecule has 1 heterocycles. The molecule has 0 radical (unpaired) electrons. The number of nitro groups is 1. The number of nitro benzene ring substituents is 1. The maximum atomic E-state index is 12.6. The largest absolute Gasteiger partial charge is 0.493 e. The molecule has 2 rings (SSSR count). The number of rotatable bonds is 8. The first kappa shape index (κ1) is 19.7. The topological polar surface area (TPSA) is 93.9 Å². The predicted octanol–water partition coefficient (Wildman–Crippen LogP) is 2.71. The average molecular weight is 379 g/mol. The number of methoxy groups -OCH3 is 2. The molecule has 140 valence electrons. The van der Waals surface area contributed by atoms with Gasteiger partial charge in [0.2, 0.25) is 0 Å². The molecule has 1 atom stereocenters. The molecule has 0 saturated carbocycles. The van der Waals surface area contributed by atoms with Crippen molar-refractivity contribution in [1.82, 2.24) is 10.2 Å². The van der Waals surface area contributed by atoms with Gasteiger partial charge in [0, 0.05) is 12.6 Å². The Balaban J connectivity index is 2.26. The molecule has 8 nitrogen and oxygen atoms in total. The lowest BCUT2D eigenvalue weighted by molar-refractivity contribution is -0.385. The van der Waals surface area contributed by atoms with Gasteiger partial charge in [0.25, 0.3) is 11.6 Å². The van der Waals surface area contributed by atoms with E-state index in [9.17, 15) is 14.9 Å². The highest BCUT2D eigenvalue weighted by molar-refractivity contribution is 7.07. The van der Waals surface area contributed by atoms with Crippen LogP contribution in [0.2, 0.25) is 0 Å². The maximum Gasteiger partial charge on any atom is 0.286 e. The maximum absolute atomic E-state index is 12.6. The van der Waals surface area contributed by atoms with Gasteiger partial charge in [-0.1, -0.05) is 0 Å². The highest BCUT2D eigenvalue weighted by Gasteiger charge is 2.25. The summed E-state index contributed by atoms with van der Waals surface area (Å²) in [6.07, 6.45) is 0. The van der Waals surface area contributed by atoms with Gasteiger partial charge in [-0.25, -0.2) is 0 Å². The molecule has 1 aromatic carbocycles. The zero-order valence-electron chi connectivity index (χ0n) is 15.0. The second kappa shape index (κ2) is 8.63. The molecule has 1 aromatic heterocycles. The van der Waals surface area contributed by atoms with Gasteiger partial charge in [-0.15, -0.1) is 0 Å². The number of hydrogen-bond donors (Lipinski definition) is 1. The Bertz CT molecular complexity index is 777. The van der Waals surface area contributed by atoms with E-state index in [-0.39, 0.29) is 28.8 Å². The van der Waals surface area contributed by atoms with Crippen LogP contribution in [0.25, 0.3) is 0 Å². The van der Waals surface area contributed by atoms with Crippen molar-refractivity contribution in [2.24, 2.45) is 0 Å². The number of ether oxygens (including phenoxy) is 2. The first-order valence-corrected chi connectivity index (χ1v) is 8.70. The van der Waals surface area contributed by atoms with Gasteiger partial charge in [0.05, 0.1) is 31.3 Å². The van der Waals surface area contributed by atoms with Crippen molar-refractivity contribution in [3.8, 4) is 11.5 Å². The van der Waals surface area contributed by atoms with E-state index in [2.05, 4.69) is 5.32 Å². The van der Waals surface area contributed by atoms with Gasteiger partial charge in [-0.05, 0) is 36.5 Å². The SMILES string of the molecule is COc1cc(C(=O)NCC(c2ccsc2)N(C)C)c([N+](=O)[O-])cc1OC. The minimum atomic E-state index is -0.612. The van der Waals surface area contributed by atoms with Crippen LogP contribution in [0.5, 0.6) is 11.5 Å². The summed E-state index contributed by atoms with van der Waals surface area (Å²) in [5, 5.41) is 18.1. The summed E-state index contributed by atoms with van der Waals surface area (Å²) in [4.78, 5) is 25.3. The minimum Gasteiger partial charge on any atom is -0.493 e. The number of amides is 1. The predicted molar refractivity (Wildman–Crippen MR) is 99.3 cm³/mol. The summed E-state index contributed by atoms with van der Waals surface area (Å²) in [5.74, 6) is -0.0924. The quantitative estimate of drug-likeness (QED) is 0.560. The zero-order valence-corrected chi connectivity index (χ0v) is 15.8. The summed E-state index contributed by atoms with van der Waals surface area (Å²) in [6.45, 7) is 0.314. The molecular weight excluding hydrogens is 358 g/mol. The molecule has 1 N–H and O–H groups in total. The second-order valence-corrected chi connectivity index (χ2v) is 6.51. The number of carbonyl (C=O) groups excluding carboxylic acids is 1. The first-order valence-electron chi connectivity index (χ1n) is 7.76. The molecule has 26 heavy (non-hydrogen) atoms. The van der Waals surface area contributed by atoms with Crippen LogP contribution in [0.4, 0.5) is 5.69 Å². The van der Waals surface area contributed by atoms with Crippen LogP contribution in [0, 0.1) is 10.1 Å². The van der Waals surface area contributed by atoms with Gasteiger partial charge >= 0.3 is 0 Å². The second-order valence-electron chi connectivity index (χ2n) is 5.73. The Labute approximate surface area is 155 Å². The highest BCUT2D eigenvalue weighted by Crippen LogP contribution is 2.34. The van der Waals surface area contributed by atoms with Crippen LogP contribution < -0.4 is 14.8 Å². The molecule has 1 amide bonds. The Morgan fingerprint density at radius 1 is 1.31 bits per heavy atom. The van der Waals surface area contributed by atoms with Gasteiger partial charge in [-0.3, -0.25) is 14.9 Å². The number of nitrogens with zero attached hydrogens (tertiary/aromatic N) is 2. The Kier molecular flexibility index (Phi) is 6.53. The fourth-order valence-corrected chi connectivity index (χ4v) is 3.26. The van der Waals surface area contributed by atoms with Crippen LogP contribution in [0.1, 0.15) is 22.0 Å². The summed E-state index contributed by atoms with van der Waals surface area (Å²) >= 11 is 1.57. The Morgan fingerprint density at radius 3 is 2.46 bits per heavy atom. The molecule has 0 bridgehead atoms. The molecule has 0 aliphatic heterocycles. The third kappa shape index (κ3) is 4.30. The average Bonchev–Trinajstić information content (AvgIpc) is 3.14. The lowest BCUT2D eigenvalue weighted by Gasteiger charge is -2.24. The number of nitrogens with one attached hydrogen (secondary N) is 1. The number of hydrogen-bond acceptors (Lipinski definition) is 7. The van der Waals surface area contributed by atoms with E-state index in [0.29, 0.717) is 6.54 Å².